The number of anilines is 1. The van der Waals surface area contributed by atoms with Gasteiger partial charge in [-0.1, -0.05) is 12.1 Å². The number of fused-ring (bicyclic) bond motifs is 1. The van der Waals surface area contributed by atoms with Crippen molar-refractivity contribution < 1.29 is 24.5 Å². The first-order valence-corrected chi connectivity index (χ1v) is 10.8. The van der Waals surface area contributed by atoms with E-state index in [0.29, 0.717) is 28.1 Å². The van der Waals surface area contributed by atoms with Gasteiger partial charge in [-0.2, -0.15) is 0 Å². The van der Waals surface area contributed by atoms with Gasteiger partial charge in [0.15, 0.2) is 0 Å². The molecule has 2 heterocycles. The van der Waals surface area contributed by atoms with E-state index in [9.17, 15) is 14.7 Å². The predicted molar refractivity (Wildman–Crippen MR) is 127 cm³/mol. The molecular weight excluding hydrogens is 422 g/mol. The molecule has 4 N–H and O–H groups in total. The number of ether oxygens (including phenoxy) is 1. The summed E-state index contributed by atoms with van der Waals surface area (Å²) in [4.78, 5) is 25.7. The first-order valence-electron chi connectivity index (χ1n) is 10.8. The van der Waals surface area contributed by atoms with Crippen molar-refractivity contribution in [1.82, 2.24) is 9.88 Å². The van der Waals surface area contributed by atoms with E-state index < -0.39 is 17.9 Å². The Labute approximate surface area is 191 Å². The van der Waals surface area contributed by atoms with Crippen LogP contribution in [0.2, 0.25) is 0 Å². The number of aromatic nitrogens is 1. The van der Waals surface area contributed by atoms with Gasteiger partial charge in [-0.05, 0) is 49.7 Å². The third-order valence-corrected chi connectivity index (χ3v) is 5.44. The summed E-state index contributed by atoms with van der Waals surface area (Å²) in [5, 5.41) is 24.9. The fraction of sp³-hybridized carbons (Fsp3) is 0.280. The fourth-order valence-corrected chi connectivity index (χ4v) is 3.99. The molecule has 2 aromatic carbocycles. The van der Waals surface area contributed by atoms with Crippen molar-refractivity contribution in [2.75, 3.05) is 18.5 Å². The van der Waals surface area contributed by atoms with Crippen molar-refractivity contribution in [2.24, 2.45) is 7.05 Å². The van der Waals surface area contributed by atoms with E-state index >= 15 is 0 Å². The van der Waals surface area contributed by atoms with Crippen molar-refractivity contribution in [2.45, 2.75) is 26.1 Å². The Balaban J connectivity index is 1.83. The quantitative estimate of drug-likeness (QED) is 0.393. The number of rotatable bonds is 8. The average molecular weight is 450 g/mol. The summed E-state index contributed by atoms with van der Waals surface area (Å²) >= 11 is 0. The summed E-state index contributed by atoms with van der Waals surface area (Å²) in [6.45, 7) is 3.68. The molecule has 1 unspecified atom stereocenters. The number of carbonyl (C=O) groups excluding carboxylic acids is 2. The summed E-state index contributed by atoms with van der Waals surface area (Å²) < 4.78 is 7.76. The zero-order valence-corrected chi connectivity index (χ0v) is 18.8. The third kappa shape index (κ3) is 4.48. The molecule has 8 nitrogen and oxygen atoms in total. The third-order valence-electron chi connectivity index (χ3n) is 5.44. The maximum Gasteiger partial charge on any atom is 0.259 e. The number of amides is 2. The summed E-state index contributed by atoms with van der Waals surface area (Å²) in [7, 11) is 1.89. The number of nitrogens with zero attached hydrogens (tertiary/aromatic N) is 1. The Morgan fingerprint density at radius 2 is 1.85 bits per heavy atom. The van der Waals surface area contributed by atoms with Crippen LogP contribution in [-0.4, -0.2) is 52.0 Å². The van der Waals surface area contributed by atoms with Crippen LogP contribution in [0.1, 0.15) is 25.0 Å². The standard InChI is InChI=1S/C25H27N3O5/c1-14(2)33-18-7-8-21-19(10-18)20(12-28(21)3)23-22(24(31)27-25(23)32)15-5-4-6-16(9-15)26-11-17(30)13-29/h4-10,12,14,17,26,29-30H,11,13H2,1-3H3,(H,27,31,32). The molecule has 1 aromatic heterocycles. The van der Waals surface area contributed by atoms with Crippen LogP contribution in [0.15, 0.2) is 48.7 Å². The number of imide groups is 1. The van der Waals surface area contributed by atoms with E-state index in [1.165, 1.54) is 0 Å². The summed E-state index contributed by atoms with van der Waals surface area (Å²) in [5.41, 5.74) is 3.38. The Kier molecular flexibility index (Phi) is 6.22. The van der Waals surface area contributed by atoms with Gasteiger partial charge in [0, 0.05) is 41.9 Å². The molecule has 0 saturated heterocycles. The van der Waals surface area contributed by atoms with Gasteiger partial charge in [-0.15, -0.1) is 0 Å². The second-order valence-corrected chi connectivity index (χ2v) is 8.33. The van der Waals surface area contributed by atoms with Crippen LogP contribution in [-0.2, 0) is 16.6 Å². The van der Waals surface area contributed by atoms with E-state index in [0.717, 1.165) is 10.9 Å². The number of aliphatic hydroxyl groups excluding tert-OH is 2. The van der Waals surface area contributed by atoms with E-state index in [-0.39, 0.29) is 24.8 Å². The molecule has 2 amide bonds. The molecule has 0 fully saturated rings. The molecule has 172 valence electrons. The predicted octanol–water partition coefficient (Wildman–Crippen LogP) is 2.30. The van der Waals surface area contributed by atoms with Crippen LogP contribution in [0.25, 0.3) is 22.0 Å². The first kappa shape index (κ1) is 22.6. The second-order valence-electron chi connectivity index (χ2n) is 8.33. The monoisotopic (exact) mass is 449 g/mol. The van der Waals surface area contributed by atoms with Gasteiger partial charge in [0.1, 0.15) is 5.75 Å². The van der Waals surface area contributed by atoms with Gasteiger partial charge >= 0.3 is 0 Å². The highest BCUT2D eigenvalue weighted by molar-refractivity contribution is 6.50. The molecule has 8 heteroatoms. The Hall–Kier alpha value is -3.62. The maximum absolute atomic E-state index is 12.9. The van der Waals surface area contributed by atoms with E-state index in [2.05, 4.69) is 10.6 Å². The molecule has 0 bridgehead atoms. The molecule has 0 spiro atoms. The Morgan fingerprint density at radius 1 is 1.09 bits per heavy atom. The largest absolute Gasteiger partial charge is 0.491 e. The molecule has 0 radical (unpaired) electrons. The average Bonchev–Trinajstić information content (AvgIpc) is 3.26. The topological polar surface area (TPSA) is 113 Å². The molecular formula is C25H27N3O5. The van der Waals surface area contributed by atoms with Crippen LogP contribution in [0.3, 0.4) is 0 Å². The van der Waals surface area contributed by atoms with E-state index in [1.807, 2.05) is 49.9 Å². The summed E-state index contributed by atoms with van der Waals surface area (Å²) in [5.74, 6) is -0.230. The molecule has 1 atom stereocenters. The smallest absolute Gasteiger partial charge is 0.259 e. The van der Waals surface area contributed by atoms with Gasteiger partial charge in [-0.25, -0.2) is 0 Å². The number of benzene rings is 2. The highest BCUT2D eigenvalue weighted by atomic mass is 16.5. The fourth-order valence-electron chi connectivity index (χ4n) is 3.99. The van der Waals surface area contributed by atoms with E-state index in [4.69, 9.17) is 9.84 Å². The molecule has 0 aliphatic carbocycles. The van der Waals surface area contributed by atoms with Crippen LogP contribution in [0, 0.1) is 0 Å². The Morgan fingerprint density at radius 3 is 2.58 bits per heavy atom. The SMILES string of the molecule is CC(C)Oc1ccc2c(c1)c(C1=C(c3cccc(NCC(O)CO)c3)C(=O)NC1=O)cn2C. The van der Waals surface area contributed by atoms with Gasteiger partial charge in [-0.3, -0.25) is 14.9 Å². The van der Waals surface area contributed by atoms with Crippen LogP contribution >= 0.6 is 0 Å². The molecule has 1 aliphatic rings. The zero-order chi connectivity index (χ0) is 23.7. The molecule has 0 saturated carbocycles. The minimum Gasteiger partial charge on any atom is -0.491 e. The lowest BCUT2D eigenvalue weighted by molar-refractivity contribution is -0.122. The lowest BCUT2D eigenvalue weighted by Gasteiger charge is -2.12. The van der Waals surface area contributed by atoms with Crippen LogP contribution in [0.4, 0.5) is 5.69 Å². The maximum atomic E-state index is 12.9. The van der Waals surface area contributed by atoms with Gasteiger partial charge in [0.05, 0.1) is 30.0 Å². The zero-order valence-electron chi connectivity index (χ0n) is 18.8. The number of hydrogen-bond acceptors (Lipinski definition) is 6. The molecule has 33 heavy (non-hydrogen) atoms. The van der Waals surface area contributed by atoms with Gasteiger partial charge < -0.3 is 24.8 Å². The van der Waals surface area contributed by atoms with Crippen LogP contribution in [0.5, 0.6) is 5.75 Å². The number of aliphatic hydroxyl groups is 2. The minimum atomic E-state index is -0.905. The van der Waals surface area contributed by atoms with Crippen LogP contribution < -0.4 is 15.4 Å². The summed E-state index contributed by atoms with van der Waals surface area (Å²) in [6.07, 6.45) is 0.940. The normalized spacial score (nSPS) is 14.8. The molecule has 3 aromatic rings. The van der Waals surface area contributed by atoms with Crippen molar-refractivity contribution in [1.29, 1.82) is 0 Å². The van der Waals surface area contributed by atoms with E-state index in [1.54, 1.807) is 24.3 Å². The van der Waals surface area contributed by atoms with Crippen molar-refractivity contribution in [3.05, 3.63) is 59.8 Å². The van der Waals surface area contributed by atoms with Crippen molar-refractivity contribution in [3.8, 4) is 5.75 Å². The Bertz CT molecular complexity index is 1260. The molecule has 1 aliphatic heterocycles. The lowest BCUT2D eigenvalue weighted by atomic mass is 9.95. The summed E-state index contributed by atoms with van der Waals surface area (Å²) in [6, 6.07) is 12.8. The number of aryl methyl sites for hydroxylation is 1. The van der Waals surface area contributed by atoms with Gasteiger partial charge in [0.2, 0.25) is 0 Å². The van der Waals surface area contributed by atoms with Crippen molar-refractivity contribution >= 4 is 39.6 Å². The minimum absolute atomic E-state index is 0.000312. The lowest BCUT2D eigenvalue weighted by Crippen LogP contribution is -2.23. The van der Waals surface area contributed by atoms with Crippen molar-refractivity contribution in [3.63, 3.8) is 0 Å². The first-order chi connectivity index (χ1) is 15.8. The number of hydrogen-bond donors (Lipinski definition) is 4. The highest BCUT2D eigenvalue weighted by Crippen LogP contribution is 2.37. The molecule has 4 rings (SSSR count). The highest BCUT2D eigenvalue weighted by Gasteiger charge is 2.34. The second kappa shape index (κ2) is 9.09. The number of nitrogens with one attached hydrogen (secondary N) is 2. The van der Waals surface area contributed by atoms with Gasteiger partial charge in [0.25, 0.3) is 11.8 Å². The number of carbonyl (C=O) groups is 2.